The Kier molecular flexibility index (Phi) is 3.79. The van der Waals surface area contributed by atoms with E-state index in [0.29, 0.717) is 11.3 Å². The molecule has 0 saturated heterocycles. The number of methoxy groups -OCH3 is 1. The van der Waals surface area contributed by atoms with Gasteiger partial charge in [0.2, 0.25) is 0 Å². The maximum absolute atomic E-state index is 11.3. The molecule has 92 valence electrons. The zero-order chi connectivity index (χ0) is 13.0. The van der Waals surface area contributed by atoms with Gasteiger partial charge in [0, 0.05) is 4.88 Å². The van der Waals surface area contributed by atoms with Gasteiger partial charge in [-0.1, -0.05) is 18.2 Å². The summed E-state index contributed by atoms with van der Waals surface area (Å²) in [6.45, 7) is 0. The minimum absolute atomic E-state index is 0.290. The molecule has 0 spiro atoms. The van der Waals surface area contributed by atoms with Crippen LogP contribution in [0.4, 0.5) is 0 Å². The highest BCUT2D eigenvalue weighted by molar-refractivity contribution is 7.11. The molecule has 1 N–H and O–H groups in total. The molecule has 18 heavy (non-hydrogen) atoms. The standard InChI is InChI=1S/C14H12O3S/c1-17-11-5-2-4-10(8-11)9-12(14(15)16)13-6-3-7-18-13/h2-9H,1H3,(H,15,16)/b12-9+. The van der Waals surface area contributed by atoms with Gasteiger partial charge in [0.1, 0.15) is 5.75 Å². The van der Waals surface area contributed by atoms with Crippen molar-refractivity contribution in [3.05, 3.63) is 52.2 Å². The summed E-state index contributed by atoms with van der Waals surface area (Å²) in [5, 5.41) is 11.1. The van der Waals surface area contributed by atoms with Gasteiger partial charge in [-0.3, -0.25) is 0 Å². The Balaban J connectivity index is 2.42. The molecule has 2 rings (SSSR count). The van der Waals surface area contributed by atoms with Crippen LogP contribution in [0.2, 0.25) is 0 Å². The predicted molar refractivity (Wildman–Crippen MR) is 72.8 cm³/mol. The highest BCUT2D eigenvalue weighted by atomic mass is 32.1. The van der Waals surface area contributed by atoms with Crippen molar-refractivity contribution >= 4 is 29.0 Å². The van der Waals surface area contributed by atoms with Crippen molar-refractivity contribution < 1.29 is 14.6 Å². The molecule has 3 nitrogen and oxygen atoms in total. The number of aliphatic carboxylic acids is 1. The smallest absolute Gasteiger partial charge is 0.337 e. The molecule has 0 atom stereocenters. The zero-order valence-corrected chi connectivity index (χ0v) is 10.6. The number of hydrogen-bond acceptors (Lipinski definition) is 3. The molecule has 4 heteroatoms. The van der Waals surface area contributed by atoms with E-state index >= 15 is 0 Å². The van der Waals surface area contributed by atoms with Crippen LogP contribution in [0.15, 0.2) is 41.8 Å². The minimum Gasteiger partial charge on any atom is -0.497 e. The number of benzene rings is 1. The van der Waals surface area contributed by atoms with Crippen molar-refractivity contribution in [3.63, 3.8) is 0 Å². The van der Waals surface area contributed by atoms with Crippen LogP contribution in [0.3, 0.4) is 0 Å². The Morgan fingerprint density at radius 1 is 1.33 bits per heavy atom. The largest absolute Gasteiger partial charge is 0.497 e. The molecule has 0 aliphatic heterocycles. The average Bonchev–Trinajstić information content (AvgIpc) is 2.89. The van der Waals surface area contributed by atoms with Gasteiger partial charge in [0.25, 0.3) is 0 Å². The first-order valence-corrected chi connectivity index (χ1v) is 6.21. The van der Waals surface area contributed by atoms with Crippen molar-refractivity contribution in [1.29, 1.82) is 0 Å². The lowest BCUT2D eigenvalue weighted by molar-refractivity contribution is -0.130. The summed E-state index contributed by atoms with van der Waals surface area (Å²) in [6.07, 6.45) is 1.65. The summed E-state index contributed by atoms with van der Waals surface area (Å²) in [5.74, 6) is -0.222. The maximum Gasteiger partial charge on any atom is 0.337 e. The van der Waals surface area contributed by atoms with Crippen molar-refractivity contribution in [2.45, 2.75) is 0 Å². The Bertz CT molecular complexity index is 570. The van der Waals surface area contributed by atoms with E-state index in [-0.39, 0.29) is 0 Å². The first-order chi connectivity index (χ1) is 8.70. The molecular formula is C14H12O3S. The minimum atomic E-state index is -0.930. The number of ether oxygens (including phenoxy) is 1. The Labute approximate surface area is 109 Å². The van der Waals surface area contributed by atoms with Crippen LogP contribution in [0.25, 0.3) is 11.6 Å². The van der Waals surface area contributed by atoms with Gasteiger partial charge in [-0.05, 0) is 35.2 Å². The van der Waals surface area contributed by atoms with Crippen LogP contribution in [-0.2, 0) is 4.79 Å². The van der Waals surface area contributed by atoms with E-state index in [2.05, 4.69) is 0 Å². The molecule has 0 fully saturated rings. The van der Waals surface area contributed by atoms with E-state index in [0.717, 1.165) is 10.4 Å². The van der Waals surface area contributed by atoms with E-state index in [1.165, 1.54) is 11.3 Å². The second-order valence-corrected chi connectivity index (χ2v) is 4.56. The molecular weight excluding hydrogens is 248 g/mol. The third-order valence-corrected chi connectivity index (χ3v) is 3.32. The fraction of sp³-hybridized carbons (Fsp3) is 0.0714. The summed E-state index contributed by atoms with van der Waals surface area (Å²) < 4.78 is 5.11. The molecule has 0 aliphatic carbocycles. The van der Waals surface area contributed by atoms with Crippen molar-refractivity contribution in [2.75, 3.05) is 7.11 Å². The normalized spacial score (nSPS) is 11.3. The number of carboxylic acids is 1. The topological polar surface area (TPSA) is 46.5 Å². The van der Waals surface area contributed by atoms with Crippen LogP contribution in [0.5, 0.6) is 5.75 Å². The molecule has 0 aliphatic rings. The fourth-order valence-electron chi connectivity index (χ4n) is 1.57. The van der Waals surface area contributed by atoms with Gasteiger partial charge in [-0.25, -0.2) is 4.79 Å². The Hall–Kier alpha value is -2.07. The number of rotatable bonds is 4. The summed E-state index contributed by atoms with van der Waals surface area (Å²) in [5.41, 5.74) is 1.10. The van der Waals surface area contributed by atoms with Crippen LogP contribution >= 0.6 is 11.3 Å². The Morgan fingerprint density at radius 3 is 2.78 bits per heavy atom. The highest BCUT2D eigenvalue weighted by Crippen LogP contribution is 2.24. The lowest BCUT2D eigenvalue weighted by atomic mass is 10.1. The number of thiophene rings is 1. The molecule has 0 radical (unpaired) electrons. The van der Waals surface area contributed by atoms with Crippen LogP contribution < -0.4 is 4.74 Å². The first-order valence-electron chi connectivity index (χ1n) is 5.33. The molecule has 1 heterocycles. The van der Waals surface area contributed by atoms with Gasteiger partial charge >= 0.3 is 5.97 Å². The molecule has 1 aromatic heterocycles. The molecule has 0 amide bonds. The highest BCUT2D eigenvalue weighted by Gasteiger charge is 2.11. The van der Waals surface area contributed by atoms with E-state index in [1.54, 1.807) is 25.3 Å². The summed E-state index contributed by atoms with van der Waals surface area (Å²) in [7, 11) is 1.58. The van der Waals surface area contributed by atoms with Gasteiger partial charge in [-0.2, -0.15) is 0 Å². The molecule has 0 saturated carbocycles. The SMILES string of the molecule is COc1cccc(/C=C(/C(=O)O)c2cccs2)c1. The third kappa shape index (κ3) is 2.78. The lowest BCUT2D eigenvalue weighted by Gasteiger charge is -2.02. The van der Waals surface area contributed by atoms with Crippen LogP contribution in [-0.4, -0.2) is 18.2 Å². The van der Waals surface area contributed by atoms with Crippen LogP contribution in [0, 0.1) is 0 Å². The van der Waals surface area contributed by atoms with Gasteiger partial charge < -0.3 is 9.84 Å². The predicted octanol–water partition coefficient (Wildman–Crippen LogP) is 3.38. The monoisotopic (exact) mass is 260 g/mol. The Morgan fingerprint density at radius 2 is 2.17 bits per heavy atom. The summed E-state index contributed by atoms with van der Waals surface area (Å²) in [4.78, 5) is 12.0. The van der Waals surface area contributed by atoms with Crippen molar-refractivity contribution in [1.82, 2.24) is 0 Å². The molecule has 2 aromatic rings. The van der Waals surface area contributed by atoms with Gasteiger partial charge in [0.15, 0.2) is 0 Å². The summed E-state index contributed by atoms with van der Waals surface area (Å²) in [6, 6.07) is 10.9. The number of hydrogen-bond donors (Lipinski definition) is 1. The van der Waals surface area contributed by atoms with Crippen molar-refractivity contribution in [3.8, 4) is 5.75 Å². The number of carbonyl (C=O) groups is 1. The summed E-state index contributed by atoms with van der Waals surface area (Å²) >= 11 is 1.41. The zero-order valence-electron chi connectivity index (χ0n) is 9.79. The van der Waals surface area contributed by atoms with Gasteiger partial charge in [-0.15, -0.1) is 11.3 Å². The van der Waals surface area contributed by atoms with E-state index in [4.69, 9.17) is 4.74 Å². The molecule has 0 unspecified atom stereocenters. The van der Waals surface area contributed by atoms with Crippen molar-refractivity contribution in [2.24, 2.45) is 0 Å². The van der Waals surface area contributed by atoms with E-state index in [1.807, 2.05) is 29.6 Å². The van der Waals surface area contributed by atoms with Crippen LogP contribution in [0.1, 0.15) is 10.4 Å². The van der Waals surface area contributed by atoms with Gasteiger partial charge in [0.05, 0.1) is 12.7 Å². The molecule has 0 bridgehead atoms. The molecule has 1 aromatic carbocycles. The lowest BCUT2D eigenvalue weighted by Crippen LogP contribution is -1.97. The maximum atomic E-state index is 11.3. The quantitative estimate of drug-likeness (QED) is 0.857. The fourth-order valence-corrected chi connectivity index (χ4v) is 2.30. The average molecular weight is 260 g/mol. The second-order valence-electron chi connectivity index (χ2n) is 3.62. The third-order valence-electron chi connectivity index (χ3n) is 2.42. The van der Waals surface area contributed by atoms with E-state index < -0.39 is 5.97 Å². The van der Waals surface area contributed by atoms with E-state index in [9.17, 15) is 9.90 Å². The second kappa shape index (κ2) is 5.51. The number of carboxylic acid groups (broad SMARTS) is 1. The first kappa shape index (κ1) is 12.4.